The zero-order valence-corrected chi connectivity index (χ0v) is 13.9. The molecule has 7 heteroatoms. The second kappa shape index (κ2) is 6.89. The van der Waals surface area contributed by atoms with E-state index < -0.39 is 10.0 Å². The van der Waals surface area contributed by atoms with Crippen molar-refractivity contribution in [2.24, 2.45) is 5.92 Å². The van der Waals surface area contributed by atoms with E-state index in [2.05, 4.69) is 29.1 Å². The van der Waals surface area contributed by atoms with E-state index in [1.54, 1.807) is 4.31 Å². The molecule has 0 radical (unpaired) electrons. The molecule has 1 aromatic heterocycles. The highest BCUT2D eigenvalue weighted by Crippen LogP contribution is 2.22. The highest BCUT2D eigenvalue weighted by molar-refractivity contribution is 7.89. The number of piperidine rings is 1. The van der Waals surface area contributed by atoms with Crippen LogP contribution in [0.15, 0.2) is 11.2 Å². The normalized spacial score (nSPS) is 18.5. The van der Waals surface area contributed by atoms with E-state index >= 15 is 0 Å². The molecule has 0 aromatic carbocycles. The Morgan fingerprint density at radius 1 is 1.43 bits per heavy atom. The first-order chi connectivity index (χ1) is 9.93. The topological polar surface area (TPSA) is 78.1 Å². The fraction of sp³-hybridized carbons (Fsp3) is 0.786. The molecule has 0 amide bonds. The molecular weight excluding hydrogens is 288 g/mol. The summed E-state index contributed by atoms with van der Waals surface area (Å²) >= 11 is 0. The minimum absolute atomic E-state index is 0.220. The summed E-state index contributed by atoms with van der Waals surface area (Å²) in [6.45, 7) is 8.35. The summed E-state index contributed by atoms with van der Waals surface area (Å²) in [7, 11) is -3.41. The maximum absolute atomic E-state index is 12.5. The first kappa shape index (κ1) is 16.5. The zero-order chi connectivity index (χ0) is 15.5. The van der Waals surface area contributed by atoms with Crippen molar-refractivity contribution in [1.82, 2.24) is 19.6 Å². The Hall–Kier alpha value is -0.920. The standard InChI is InChI=1S/C14H26N4O2S/c1-4-13-16-10-14(17-13)21(19,20)18-7-5-12(6-8-18)9-15-11(2)3/h10-12,15H,4-9H2,1-3H3,(H,16,17). The van der Waals surface area contributed by atoms with Crippen LogP contribution in [0.5, 0.6) is 0 Å². The van der Waals surface area contributed by atoms with Crippen molar-refractivity contribution in [1.29, 1.82) is 0 Å². The molecule has 0 aliphatic carbocycles. The van der Waals surface area contributed by atoms with E-state index in [0.29, 0.717) is 37.3 Å². The van der Waals surface area contributed by atoms with Crippen molar-refractivity contribution in [3.63, 3.8) is 0 Å². The summed E-state index contributed by atoms with van der Waals surface area (Å²) in [6, 6.07) is 0.476. The summed E-state index contributed by atoms with van der Waals surface area (Å²) in [5, 5.41) is 3.65. The Bertz CT molecular complexity index is 545. The van der Waals surface area contributed by atoms with Gasteiger partial charge in [-0.15, -0.1) is 0 Å². The number of aromatic amines is 1. The van der Waals surface area contributed by atoms with Gasteiger partial charge in [0.25, 0.3) is 10.0 Å². The first-order valence-electron chi connectivity index (χ1n) is 7.71. The van der Waals surface area contributed by atoms with Gasteiger partial charge < -0.3 is 10.3 Å². The average Bonchev–Trinajstić information content (AvgIpc) is 2.95. The van der Waals surface area contributed by atoms with Crippen LogP contribution in [0.1, 0.15) is 39.4 Å². The Balaban J connectivity index is 1.94. The van der Waals surface area contributed by atoms with Gasteiger partial charge in [-0.25, -0.2) is 13.4 Å². The number of rotatable bonds is 6. The van der Waals surface area contributed by atoms with Crippen LogP contribution in [-0.2, 0) is 16.4 Å². The van der Waals surface area contributed by atoms with Crippen LogP contribution >= 0.6 is 0 Å². The molecule has 21 heavy (non-hydrogen) atoms. The van der Waals surface area contributed by atoms with Gasteiger partial charge in [-0.1, -0.05) is 20.8 Å². The molecule has 1 aliphatic rings. The third kappa shape index (κ3) is 4.05. The smallest absolute Gasteiger partial charge is 0.260 e. The van der Waals surface area contributed by atoms with Crippen molar-refractivity contribution in [3.05, 3.63) is 12.0 Å². The van der Waals surface area contributed by atoms with Crippen LogP contribution in [0.2, 0.25) is 0 Å². The molecule has 1 fully saturated rings. The second-order valence-electron chi connectivity index (χ2n) is 5.96. The van der Waals surface area contributed by atoms with Crippen molar-refractivity contribution in [3.8, 4) is 0 Å². The summed E-state index contributed by atoms with van der Waals surface area (Å²) in [5.74, 6) is 1.27. The van der Waals surface area contributed by atoms with Crippen LogP contribution in [0.4, 0.5) is 0 Å². The number of hydrogen-bond acceptors (Lipinski definition) is 4. The van der Waals surface area contributed by atoms with Crippen LogP contribution in [0.25, 0.3) is 0 Å². The van der Waals surface area contributed by atoms with Gasteiger partial charge in [-0.05, 0) is 25.3 Å². The van der Waals surface area contributed by atoms with Gasteiger partial charge in [0, 0.05) is 25.6 Å². The fourth-order valence-corrected chi connectivity index (χ4v) is 3.95. The van der Waals surface area contributed by atoms with Crippen molar-refractivity contribution >= 4 is 10.0 Å². The lowest BCUT2D eigenvalue weighted by Crippen LogP contribution is -2.41. The van der Waals surface area contributed by atoms with Gasteiger partial charge in [-0.3, -0.25) is 0 Å². The van der Waals surface area contributed by atoms with E-state index in [1.165, 1.54) is 6.20 Å². The summed E-state index contributed by atoms with van der Waals surface area (Å²) < 4.78 is 26.6. The molecule has 0 spiro atoms. The lowest BCUT2D eigenvalue weighted by molar-refractivity contribution is 0.263. The minimum Gasteiger partial charge on any atom is -0.332 e. The highest BCUT2D eigenvalue weighted by Gasteiger charge is 2.30. The molecular formula is C14H26N4O2S. The SMILES string of the molecule is CCc1ncc(S(=O)(=O)N2CCC(CNC(C)C)CC2)[nH]1. The third-order valence-electron chi connectivity index (χ3n) is 3.95. The number of nitrogens with one attached hydrogen (secondary N) is 2. The molecule has 0 unspecified atom stereocenters. The average molecular weight is 314 g/mol. The van der Waals surface area contributed by atoms with Gasteiger partial charge in [0.2, 0.25) is 0 Å². The zero-order valence-electron chi connectivity index (χ0n) is 13.1. The Morgan fingerprint density at radius 2 is 2.10 bits per heavy atom. The van der Waals surface area contributed by atoms with Gasteiger partial charge in [0.1, 0.15) is 5.82 Å². The number of aryl methyl sites for hydroxylation is 1. The number of nitrogens with zero attached hydrogens (tertiary/aromatic N) is 2. The highest BCUT2D eigenvalue weighted by atomic mass is 32.2. The van der Waals surface area contributed by atoms with Crippen LogP contribution < -0.4 is 5.32 Å². The molecule has 0 saturated carbocycles. The summed E-state index contributed by atoms with van der Waals surface area (Å²) in [6.07, 6.45) is 3.96. The van der Waals surface area contributed by atoms with Crippen molar-refractivity contribution < 1.29 is 8.42 Å². The molecule has 2 heterocycles. The van der Waals surface area contributed by atoms with Gasteiger partial charge >= 0.3 is 0 Å². The fourth-order valence-electron chi connectivity index (χ4n) is 2.55. The van der Waals surface area contributed by atoms with Crippen LogP contribution in [-0.4, -0.2) is 48.4 Å². The third-order valence-corrected chi connectivity index (χ3v) is 5.75. The number of aromatic nitrogens is 2. The Labute approximate surface area is 127 Å². The number of sulfonamides is 1. The molecule has 2 rings (SSSR count). The van der Waals surface area contributed by atoms with Crippen LogP contribution in [0, 0.1) is 5.92 Å². The van der Waals surface area contributed by atoms with E-state index in [1.807, 2.05) is 6.92 Å². The second-order valence-corrected chi connectivity index (χ2v) is 7.86. The predicted molar refractivity (Wildman–Crippen MR) is 82.6 cm³/mol. The quantitative estimate of drug-likeness (QED) is 0.831. The molecule has 0 atom stereocenters. The number of H-pyrrole nitrogens is 1. The maximum Gasteiger partial charge on any atom is 0.260 e. The number of hydrogen-bond donors (Lipinski definition) is 2. The Morgan fingerprint density at radius 3 is 2.62 bits per heavy atom. The van der Waals surface area contributed by atoms with E-state index in [4.69, 9.17) is 0 Å². The molecule has 1 aromatic rings. The van der Waals surface area contributed by atoms with E-state index in [9.17, 15) is 8.42 Å². The molecule has 1 saturated heterocycles. The van der Waals surface area contributed by atoms with Crippen LogP contribution in [0.3, 0.4) is 0 Å². The lowest BCUT2D eigenvalue weighted by atomic mass is 9.98. The maximum atomic E-state index is 12.5. The van der Waals surface area contributed by atoms with Crippen molar-refractivity contribution in [2.45, 2.75) is 51.1 Å². The van der Waals surface area contributed by atoms with Crippen molar-refractivity contribution in [2.75, 3.05) is 19.6 Å². The predicted octanol–water partition coefficient (Wildman–Crippen LogP) is 1.37. The molecule has 120 valence electrons. The lowest BCUT2D eigenvalue weighted by Gasteiger charge is -2.31. The number of imidazole rings is 1. The largest absolute Gasteiger partial charge is 0.332 e. The van der Waals surface area contributed by atoms with E-state index in [0.717, 1.165) is 19.4 Å². The minimum atomic E-state index is -3.41. The monoisotopic (exact) mass is 314 g/mol. The first-order valence-corrected chi connectivity index (χ1v) is 9.15. The summed E-state index contributed by atoms with van der Waals surface area (Å²) in [4.78, 5) is 6.99. The molecule has 2 N–H and O–H groups in total. The van der Waals surface area contributed by atoms with E-state index in [-0.39, 0.29) is 5.03 Å². The van der Waals surface area contributed by atoms with Gasteiger partial charge in [0.15, 0.2) is 5.03 Å². The molecule has 1 aliphatic heterocycles. The van der Waals surface area contributed by atoms with Gasteiger partial charge in [0.05, 0.1) is 6.20 Å². The molecule has 6 nitrogen and oxygen atoms in total. The summed E-state index contributed by atoms with van der Waals surface area (Å²) in [5.41, 5.74) is 0. The van der Waals surface area contributed by atoms with Gasteiger partial charge in [-0.2, -0.15) is 4.31 Å². The Kier molecular flexibility index (Phi) is 5.40. The molecule has 0 bridgehead atoms.